The summed E-state index contributed by atoms with van der Waals surface area (Å²) in [7, 11) is 3.47. The second-order valence-electron chi connectivity index (χ2n) is 6.56. The van der Waals surface area contributed by atoms with E-state index in [1.165, 1.54) is 0 Å². The van der Waals surface area contributed by atoms with Crippen LogP contribution in [0.4, 0.5) is 0 Å². The summed E-state index contributed by atoms with van der Waals surface area (Å²) in [5.41, 5.74) is 1.72. The number of carbonyl (C=O) groups is 2. The quantitative estimate of drug-likeness (QED) is 0.735. The molecule has 1 unspecified atom stereocenters. The maximum atomic E-state index is 12.8. The summed E-state index contributed by atoms with van der Waals surface area (Å²) in [6.45, 7) is 2.65. The summed E-state index contributed by atoms with van der Waals surface area (Å²) in [5, 5.41) is 3.16. The summed E-state index contributed by atoms with van der Waals surface area (Å²) in [5.74, 6) is 0.763. The minimum Gasteiger partial charge on any atom is -0.347 e. The average molecular weight is 390 g/mol. The number of nitrogens with zero attached hydrogens (tertiary/aromatic N) is 3. The van der Waals surface area contributed by atoms with Gasteiger partial charge in [-0.15, -0.1) is 23.1 Å². The molecule has 1 aliphatic rings. The maximum Gasteiger partial charge on any atom is 0.254 e. The Morgan fingerprint density at radius 1 is 1.31 bits per heavy atom. The van der Waals surface area contributed by atoms with Crippen LogP contribution in [-0.2, 0) is 10.5 Å². The zero-order valence-corrected chi connectivity index (χ0v) is 16.9. The fourth-order valence-corrected chi connectivity index (χ4v) is 4.56. The van der Waals surface area contributed by atoms with Gasteiger partial charge in [-0.1, -0.05) is 0 Å². The number of aromatic nitrogens is 1. The number of thiazole rings is 1. The Hall–Kier alpha value is -1.86. The van der Waals surface area contributed by atoms with E-state index in [9.17, 15) is 9.59 Å². The Morgan fingerprint density at radius 3 is 2.65 bits per heavy atom. The van der Waals surface area contributed by atoms with Crippen LogP contribution in [0.1, 0.15) is 33.9 Å². The van der Waals surface area contributed by atoms with E-state index in [4.69, 9.17) is 0 Å². The lowest BCUT2D eigenvalue weighted by Gasteiger charge is -2.26. The highest BCUT2D eigenvalue weighted by Crippen LogP contribution is 2.26. The largest absolute Gasteiger partial charge is 0.347 e. The molecular weight excluding hydrogens is 366 g/mol. The molecule has 5 nitrogen and oxygen atoms in total. The van der Waals surface area contributed by atoms with Crippen molar-refractivity contribution in [2.24, 2.45) is 0 Å². The van der Waals surface area contributed by atoms with Crippen LogP contribution in [-0.4, -0.2) is 53.3 Å². The zero-order valence-electron chi connectivity index (χ0n) is 15.3. The predicted molar refractivity (Wildman–Crippen MR) is 106 cm³/mol. The van der Waals surface area contributed by atoms with Crippen LogP contribution < -0.4 is 0 Å². The molecule has 0 aliphatic carbocycles. The highest BCUT2D eigenvalue weighted by Gasteiger charge is 2.35. The van der Waals surface area contributed by atoms with Crippen molar-refractivity contribution in [1.29, 1.82) is 0 Å². The van der Waals surface area contributed by atoms with Gasteiger partial charge in [0.1, 0.15) is 6.04 Å². The fraction of sp³-hybridized carbons (Fsp3) is 0.421. The topological polar surface area (TPSA) is 53.5 Å². The van der Waals surface area contributed by atoms with Gasteiger partial charge in [-0.25, -0.2) is 4.98 Å². The van der Waals surface area contributed by atoms with Crippen LogP contribution in [0.2, 0.25) is 0 Å². The van der Waals surface area contributed by atoms with Crippen LogP contribution in [0.25, 0.3) is 0 Å². The number of likely N-dealkylation sites (tertiary alicyclic amines) is 1. The first kappa shape index (κ1) is 18.9. The predicted octanol–water partition coefficient (Wildman–Crippen LogP) is 3.44. The molecule has 2 heterocycles. The van der Waals surface area contributed by atoms with Crippen molar-refractivity contribution in [3.8, 4) is 0 Å². The molecule has 0 bridgehead atoms. The zero-order chi connectivity index (χ0) is 18.7. The Kier molecular flexibility index (Phi) is 5.98. The Bertz CT molecular complexity index is 786. The summed E-state index contributed by atoms with van der Waals surface area (Å²) in [6.07, 6.45) is 1.61. The van der Waals surface area contributed by atoms with Gasteiger partial charge < -0.3 is 9.80 Å². The van der Waals surface area contributed by atoms with Crippen LogP contribution in [0.15, 0.2) is 34.5 Å². The molecule has 1 aromatic heterocycles. The fourth-order valence-electron chi connectivity index (χ4n) is 3.06. The number of likely N-dealkylation sites (N-methyl/N-ethyl adjacent to an activating group) is 1. The number of thioether (sulfide) groups is 1. The molecule has 26 heavy (non-hydrogen) atoms. The molecule has 1 fully saturated rings. The molecule has 1 aromatic carbocycles. The van der Waals surface area contributed by atoms with Crippen molar-refractivity contribution in [3.63, 3.8) is 0 Å². The minimum absolute atomic E-state index is 0.00146. The molecule has 0 N–H and O–H groups in total. The molecule has 1 atom stereocenters. The van der Waals surface area contributed by atoms with Gasteiger partial charge >= 0.3 is 0 Å². The molecule has 7 heteroatoms. The molecule has 0 radical (unpaired) electrons. The minimum atomic E-state index is -0.334. The third-order valence-corrected chi connectivity index (χ3v) is 6.26. The van der Waals surface area contributed by atoms with Gasteiger partial charge in [-0.05, 0) is 44.0 Å². The molecule has 0 saturated carbocycles. The molecule has 1 aliphatic heterocycles. The number of hydrogen-bond acceptors (Lipinski definition) is 5. The van der Waals surface area contributed by atoms with Gasteiger partial charge in [0.2, 0.25) is 5.91 Å². The van der Waals surface area contributed by atoms with Crippen LogP contribution in [0.5, 0.6) is 0 Å². The summed E-state index contributed by atoms with van der Waals surface area (Å²) in [6, 6.07) is 7.31. The smallest absolute Gasteiger partial charge is 0.254 e. The van der Waals surface area contributed by atoms with E-state index in [1.807, 2.05) is 31.2 Å². The highest BCUT2D eigenvalue weighted by molar-refractivity contribution is 7.98. The third-order valence-electron chi connectivity index (χ3n) is 4.39. The lowest BCUT2D eigenvalue weighted by atomic mass is 10.1. The van der Waals surface area contributed by atoms with E-state index in [-0.39, 0.29) is 17.9 Å². The molecule has 1 saturated heterocycles. The van der Waals surface area contributed by atoms with Gasteiger partial charge in [0, 0.05) is 42.2 Å². The Balaban J connectivity index is 1.64. The first-order valence-electron chi connectivity index (χ1n) is 8.61. The van der Waals surface area contributed by atoms with Gasteiger partial charge in [0.15, 0.2) is 0 Å². The van der Waals surface area contributed by atoms with Crippen LogP contribution in [0, 0.1) is 6.92 Å². The Morgan fingerprint density at radius 2 is 2.04 bits per heavy atom. The standard InChI is InChI=1S/C19H23N3O2S2/c1-13-20-15(11-25-13)12-26-16-8-6-14(7-9-16)18(23)22-10-4-5-17(22)19(24)21(2)3/h6-9,11,17H,4-5,10,12H2,1-3H3. The first-order valence-corrected chi connectivity index (χ1v) is 10.5. The second kappa shape index (κ2) is 8.22. The lowest BCUT2D eigenvalue weighted by molar-refractivity contribution is -0.132. The molecular formula is C19H23N3O2S2. The second-order valence-corrected chi connectivity index (χ2v) is 8.67. The third kappa shape index (κ3) is 4.27. The van der Waals surface area contributed by atoms with Crippen molar-refractivity contribution in [1.82, 2.24) is 14.8 Å². The van der Waals surface area contributed by atoms with Crippen LogP contribution >= 0.6 is 23.1 Å². The lowest BCUT2D eigenvalue weighted by Crippen LogP contribution is -2.45. The maximum absolute atomic E-state index is 12.8. The number of carbonyl (C=O) groups excluding carboxylic acids is 2. The molecule has 2 amide bonds. The number of amides is 2. The monoisotopic (exact) mass is 389 g/mol. The van der Waals surface area contributed by atoms with Crippen molar-refractivity contribution in [3.05, 3.63) is 45.9 Å². The molecule has 138 valence electrons. The highest BCUT2D eigenvalue weighted by atomic mass is 32.2. The van der Waals surface area contributed by atoms with Gasteiger partial charge in [-0.3, -0.25) is 9.59 Å². The van der Waals surface area contributed by atoms with Crippen LogP contribution in [0.3, 0.4) is 0 Å². The normalized spacial score (nSPS) is 16.7. The summed E-state index contributed by atoms with van der Waals surface area (Å²) in [4.78, 5) is 34.0. The SMILES string of the molecule is Cc1nc(CSc2ccc(C(=O)N3CCCC3C(=O)N(C)C)cc2)cs1. The van der Waals surface area contributed by atoms with Crippen molar-refractivity contribution in [2.45, 2.75) is 36.5 Å². The summed E-state index contributed by atoms with van der Waals surface area (Å²) >= 11 is 3.37. The van der Waals surface area contributed by atoms with Crippen molar-refractivity contribution >= 4 is 34.9 Å². The number of benzene rings is 1. The van der Waals surface area contributed by atoms with E-state index in [0.717, 1.165) is 34.2 Å². The molecule has 3 rings (SSSR count). The Labute approximate surface area is 162 Å². The number of aryl methyl sites for hydroxylation is 1. The van der Waals surface area contributed by atoms with E-state index < -0.39 is 0 Å². The number of hydrogen-bond donors (Lipinski definition) is 0. The first-order chi connectivity index (χ1) is 12.5. The van der Waals surface area contributed by atoms with E-state index in [0.29, 0.717) is 12.1 Å². The van der Waals surface area contributed by atoms with Crippen molar-refractivity contribution < 1.29 is 9.59 Å². The summed E-state index contributed by atoms with van der Waals surface area (Å²) < 4.78 is 0. The van der Waals surface area contributed by atoms with Gasteiger partial charge in [0.25, 0.3) is 5.91 Å². The van der Waals surface area contributed by atoms with Gasteiger partial charge in [0.05, 0.1) is 10.7 Å². The molecule has 0 spiro atoms. The van der Waals surface area contributed by atoms with E-state index >= 15 is 0 Å². The molecule has 2 aromatic rings. The van der Waals surface area contributed by atoms with E-state index in [2.05, 4.69) is 10.4 Å². The van der Waals surface area contributed by atoms with Gasteiger partial charge in [-0.2, -0.15) is 0 Å². The van der Waals surface area contributed by atoms with Crippen molar-refractivity contribution in [2.75, 3.05) is 20.6 Å². The average Bonchev–Trinajstić information content (AvgIpc) is 3.28. The van der Waals surface area contributed by atoms with E-state index in [1.54, 1.807) is 47.0 Å². The number of rotatable bonds is 5.